The Labute approximate surface area is 199 Å². The number of carbonyl (C=O) groups is 2. The fourth-order valence-electron chi connectivity index (χ4n) is 2.74. The van der Waals surface area contributed by atoms with Crippen LogP contribution in [0.15, 0.2) is 53.7 Å². The number of amides is 2. The summed E-state index contributed by atoms with van der Waals surface area (Å²) in [5.41, 5.74) is -4.37. The van der Waals surface area contributed by atoms with Gasteiger partial charge in [-0.15, -0.1) is 0 Å². The van der Waals surface area contributed by atoms with Crippen molar-refractivity contribution in [2.45, 2.75) is 36.1 Å². The number of alkyl halides is 6. The fraction of sp³-hybridized carbons (Fsp3) is 0.263. The number of aliphatic carboxylic acids is 1. The van der Waals surface area contributed by atoms with E-state index < -0.39 is 44.5 Å². The van der Waals surface area contributed by atoms with Crippen LogP contribution in [0.25, 0.3) is 0 Å². The minimum atomic E-state index is -5.46. The van der Waals surface area contributed by atoms with E-state index in [-0.39, 0.29) is 17.2 Å². The van der Waals surface area contributed by atoms with Crippen molar-refractivity contribution in [3.05, 3.63) is 54.4 Å². The highest BCUT2D eigenvalue weighted by molar-refractivity contribution is 7.92. The average molecular weight is 543 g/mol. The maximum Gasteiger partial charge on any atom is 0.501 e. The largest absolute Gasteiger partial charge is 0.501 e. The van der Waals surface area contributed by atoms with Gasteiger partial charge in [0.2, 0.25) is 0 Å². The van der Waals surface area contributed by atoms with Gasteiger partial charge in [0.1, 0.15) is 4.99 Å². The van der Waals surface area contributed by atoms with Crippen molar-refractivity contribution in [3.63, 3.8) is 0 Å². The summed E-state index contributed by atoms with van der Waals surface area (Å²) in [6.07, 6.45) is -1.90. The van der Waals surface area contributed by atoms with Crippen LogP contribution in [0, 0.1) is 0 Å². The van der Waals surface area contributed by atoms with Gasteiger partial charge in [0, 0.05) is 18.9 Å². The SMILES string of the molecule is C[C@H]1C(=S)N(c2ccc(S(=O)(=O)C(F)(F)F)cc2)C(=O)N1Cc1ccncc1.O=C(O)C(F)(F)F. The number of thiocarbonyl (C=S) groups is 1. The first-order chi connectivity index (χ1) is 16.0. The number of aromatic nitrogens is 1. The quantitative estimate of drug-likeness (QED) is 0.456. The zero-order chi connectivity index (χ0) is 26.8. The number of benzene rings is 1. The van der Waals surface area contributed by atoms with Crippen LogP contribution >= 0.6 is 12.2 Å². The van der Waals surface area contributed by atoms with Gasteiger partial charge < -0.3 is 10.0 Å². The molecule has 1 atom stereocenters. The maximum absolute atomic E-state index is 12.8. The second-order valence-corrected chi connectivity index (χ2v) is 9.22. The minimum absolute atomic E-state index is 0.195. The van der Waals surface area contributed by atoms with Crippen LogP contribution in [0.5, 0.6) is 0 Å². The fourth-order valence-corrected chi connectivity index (χ4v) is 3.82. The minimum Gasteiger partial charge on any atom is -0.475 e. The molecule has 0 aliphatic carbocycles. The van der Waals surface area contributed by atoms with Gasteiger partial charge in [-0.25, -0.2) is 18.0 Å². The smallest absolute Gasteiger partial charge is 0.475 e. The number of hydrogen-bond donors (Lipinski definition) is 1. The molecule has 1 aromatic carbocycles. The van der Waals surface area contributed by atoms with Gasteiger partial charge in [-0.05, 0) is 48.9 Å². The molecule has 2 heterocycles. The number of carboxylic acid groups (broad SMARTS) is 1. The normalized spacial score (nSPS) is 16.7. The van der Waals surface area contributed by atoms with E-state index in [0.717, 1.165) is 29.8 Å². The second-order valence-electron chi connectivity index (χ2n) is 6.86. The van der Waals surface area contributed by atoms with E-state index in [1.807, 2.05) is 0 Å². The van der Waals surface area contributed by atoms with Crippen LogP contribution < -0.4 is 4.90 Å². The number of carbonyl (C=O) groups excluding carboxylic acids is 1. The van der Waals surface area contributed by atoms with E-state index >= 15 is 0 Å². The molecular weight excluding hydrogens is 528 g/mol. The molecule has 1 aliphatic heterocycles. The first-order valence-electron chi connectivity index (χ1n) is 9.23. The van der Waals surface area contributed by atoms with Gasteiger partial charge in [-0.1, -0.05) is 12.2 Å². The Morgan fingerprint density at radius 1 is 1.06 bits per heavy atom. The molecule has 16 heteroatoms. The predicted molar refractivity (Wildman–Crippen MR) is 113 cm³/mol. The molecule has 2 aromatic rings. The Bertz CT molecular complexity index is 1200. The lowest BCUT2D eigenvalue weighted by Gasteiger charge is -2.20. The van der Waals surface area contributed by atoms with Gasteiger partial charge in [-0.3, -0.25) is 9.88 Å². The van der Waals surface area contributed by atoms with Crippen LogP contribution in [-0.2, 0) is 21.2 Å². The first-order valence-corrected chi connectivity index (χ1v) is 11.1. The highest BCUT2D eigenvalue weighted by atomic mass is 32.2. The highest BCUT2D eigenvalue weighted by Crippen LogP contribution is 2.33. The summed E-state index contributed by atoms with van der Waals surface area (Å²) >= 11 is 5.33. The number of rotatable bonds is 4. The molecule has 2 amide bonds. The molecule has 1 saturated heterocycles. The third-order valence-corrected chi connectivity index (χ3v) is 6.56. The lowest BCUT2D eigenvalue weighted by molar-refractivity contribution is -0.192. The Balaban J connectivity index is 0.000000540. The van der Waals surface area contributed by atoms with Gasteiger partial charge in [0.15, 0.2) is 0 Å². The van der Waals surface area contributed by atoms with E-state index in [9.17, 15) is 39.6 Å². The molecule has 3 rings (SSSR count). The third-order valence-electron chi connectivity index (χ3n) is 4.54. The van der Waals surface area contributed by atoms with Gasteiger partial charge >= 0.3 is 23.7 Å². The molecule has 190 valence electrons. The molecule has 35 heavy (non-hydrogen) atoms. The monoisotopic (exact) mass is 543 g/mol. The summed E-state index contributed by atoms with van der Waals surface area (Å²) in [6, 6.07) is 6.52. The zero-order valence-corrected chi connectivity index (χ0v) is 19.0. The van der Waals surface area contributed by atoms with Crippen molar-refractivity contribution in [2.75, 3.05) is 4.90 Å². The predicted octanol–water partition coefficient (Wildman–Crippen LogP) is 4.17. The van der Waals surface area contributed by atoms with Crippen molar-refractivity contribution >= 4 is 44.7 Å². The maximum atomic E-state index is 12.8. The number of sulfone groups is 1. The van der Waals surface area contributed by atoms with Crippen molar-refractivity contribution in [3.8, 4) is 0 Å². The van der Waals surface area contributed by atoms with Crippen molar-refractivity contribution in [1.82, 2.24) is 9.88 Å². The van der Waals surface area contributed by atoms with Gasteiger partial charge in [0.25, 0.3) is 9.84 Å². The number of carboxylic acids is 1. The lowest BCUT2D eigenvalue weighted by Crippen LogP contribution is -2.33. The summed E-state index contributed by atoms with van der Waals surface area (Å²) in [4.78, 5) is 27.7. The number of anilines is 1. The van der Waals surface area contributed by atoms with Crippen LogP contribution in [0.3, 0.4) is 0 Å². The summed E-state index contributed by atoms with van der Waals surface area (Å²) < 4.78 is 92.7. The van der Waals surface area contributed by atoms with Crippen molar-refractivity contribution < 1.29 is 49.5 Å². The zero-order valence-electron chi connectivity index (χ0n) is 17.4. The van der Waals surface area contributed by atoms with Gasteiger partial charge in [-0.2, -0.15) is 26.3 Å². The highest BCUT2D eigenvalue weighted by Gasteiger charge is 2.47. The molecule has 0 unspecified atom stereocenters. The van der Waals surface area contributed by atoms with E-state index in [1.54, 1.807) is 31.5 Å². The summed E-state index contributed by atoms with van der Waals surface area (Å²) in [5, 5.41) is 7.12. The van der Waals surface area contributed by atoms with Crippen molar-refractivity contribution in [2.24, 2.45) is 0 Å². The van der Waals surface area contributed by atoms with Crippen LogP contribution in [0.1, 0.15) is 12.5 Å². The molecule has 1 aromatic heterocycles. The molecule has 0 bridgehead atoms. The lowest BCUT2D eigenvalue weighted by atomic mass is 10.2. The van der Waals surface area contributed by atoms with E-state index in [0.29, 0.717) is 0 Å². The van der Waals surface area contributed by atoms with E-state index in [4.69, 9.17) is 22.1 Å². The van der Waals surface area contributed by atoms with Crippen molar-refractivity contribution in [1.29, 1.82) is 0 Å². The Morgan fingerprint density at radius 3 is 1.97 bits per heavy atom. The van der Waals surface area contributed by atoms with Crippen LogP contribution in [-0.4, -0.2) is 58.1 Å². The topological polar surface area (TPSA) is 108 Å². The van der Waals surface area contributed by atoms with Crippen LogP contribution in [0.4, 0.5) is 36.8 Å². The third kappa shape index (κ3) is 6.25. The summed E-state index contributed by atoms with van der Waals surface area (Å²) in [5.74, 6) is -2.76. The Kier molecular flexibility index (Phi) is 8.11. The van der Waals surface area contributed by atoms with Crippen LogP contribution in [0.2, 0.25) is 0 Å². The average Bonchev–Trinajstić information content (AvgIpc) is 2.97. The molecule has 8 nitrogen and oxygen atoms in total. The summed E-state index contributed by atoms with van der Waals surface area (Å²) in [7, 11) is -5.46. The summed E-state index contributed by atoms with van der Waals surface area (Å²) in [6.45, 7) is 2.02. The second kappa shape index (κ2) is 10.2. The molecule has 0 saturated carbocycles. The molecule has 1 fully saturated rings. The van der Waals surface area contributed by atoms with E-state index in [1.165, 1.54) is 9.80 Å². The molecular formula is C19H15F6N3O5S2. The number of hydrogen-bond acceptors (Lipinski definition) is 6. The molecule has 0 spiro atoms. The number of nitrogens with zero attached hydrogens (tertiary/aromatic N) is 3. The number of halogens is 6. The number of pyridine rings is 1. The Morgan fingerprint density at radius 2 is 1.54 bits per heavy atom. The molecule has 0 radical (unpaired) electrons. The number of urea groups is 1. The molecule has 1 aliphatic rings. The first kappa shape index (κ1) is 28.0. The van der Waals surface area contributed by atoms with Gasteiger partial charge in [0.05, 0.1) is 16.6 Å². The molecule has 1 N–H and O–H groups in total. The standard InChI is InChI=1S/C17H14F3N3O3S2.C2HF3O2/c1-11-15(27)23(16(24)22(11)10-12-6-8-21-9-7-12)13-2-4-14(5-3-13)28(25,26)17(18,19)20;3-2(4,5)1(6)7/h2-9,11H,10H2,1H3;(H,6,7)/t11-;/m0./s1. The van der Waals surface area contributed by atoms with E-state index in [2.05, 4.69) is 4.98 Å². The Hall–Kier alpha value is -3.27.